The SMILES string of the molecule is NC(=O)C1=C[C@H](c2ccccc2)C[C@H](OCc2ccc(CO)cc2)O1. The van der Waals surface area contributed by atoms with Crippen LogP contribution in [0, 0.1) is 0 Å². The van der Waals surface area contributed by atoms with Gasteiger partial charge in [0.05, 0.1) is 13.2 Å². The molecule has 0 saturated heterocycles. The number of carbonyl (C=O) groups is 1. The van der Waals surface area contributed by atoms with E-state index < -0.39 is 12.2 Å². The van der Waals surface area contributed by atoms with Crippen LogP contribution in [-0.2, 0) is 27.5 Å². The highest BCUT2D eigenvalue weighted by Crippen LogP contribution is 2.31. The van der Waals surface area contributed by atoms with Crippen molar-refractivity contribution in [1.82, 2.24) is 0 Å². The summed E-state index contributed by atoms with van der Waals surface area (Å²) in [6.45, 7) is 0.363. The van der Waals surface area contributed by atoms with Gasteiger partial charge in [-0.1, -0.05) is 54.6 Å². The smallest absolute Gasteiger partial charge is 0.283 e. The molecule has 2 aromatic rings. The molecule has 3 N–H and O–H groups in total. The maximum atomic E-state index is 11.6. The van der Waals surface area contributed by atoms with Crippen molar-refractivity contribution in [2.24, 2.45) is 5.73 Å². The maximum absolute atomic E-state index is 11.6. The van der Waals surface area contributed by atoms with Crippen LogP contribution in [0.3, 0.4) is 0 Å². The first-order valence-electron chi connectivity index (χ1n) is 8.19. The number of ether oxygens (including phenoxy) is 2. The van der Waals surface area contributed by atoms with E-state index in [0.29, 0.717) is 13.0 Å². The number of nitrogens with two attached hydrogens (primary N) is 1. The number of benzene rings is 2. The van der Waals surface area contributed by atoms with Crippen LogP contribution >= 0.6 is 0 Å². The van der Waals surface area contributed by atoms with Crippen molar-refractivity contribution in [3.8, 4) is 0 Å². The minimum atomic E-state index is -0.596. The standard InChI is InChI=1S/C20H21NO4/c21-20(23)18-10-17(16-4-2-1-3-5-16)11-19(25-18)24-13-15-8-6-14(12-22)7-9-15/h1-10,17,19,22H,11-13H2,(H2,21,23)/t17-,19+/m0/s1. The van der Waals surface area contributed by atoms with Crippen molar-refractivity contribution >= 4 is 5.91 Å². The molecule has 1 heterocycles. The first-order valence-corrected chi connectivity index (χ1v) is 8.19. The summed E-state index contributed by atoms with van der Waals surface area (Å²) in [4.78, 5) is 11.6. The number of aliphatic hydroxyl groups is 1. The summed E-state index contributed by atoms with van der Waals surface area (Å²) < 4.78 is 11.4. The molecule has 0 aromatic heterocycles. The van der Waals surface area contributed by atoms with Gasteiger partial charge in [-0.05, 0) is 22.8 Å². The Labute approximate surface area is 146 Å². The van der Waals surface area contributed by atoms with Crippen molar-refractivity contribution in [2.75, 3.05) is 0 Å². The van der Waals surface area contributed by atoms with E-state index in [4.69, 9.17) is 20.3 Å². The molecule has 1 aliphatic rings. The van der Waals surface area contributed by atoms with Crippen LogP contribution in [0.15, 0.2) is 66.4 Å². The van der Waals surface area contributed by atoms with Gasteiger partial charge in [0.2, 0.25) is 6.29 Å². The fourth-order valence-electron chi connectivity index (χ4n) is 2.79. The average molecular weight is 339 g/mol. The number of primary amides is 1. The van der Waals surface area contributed by atoms with E-state index >= 15 is 0 Å². The van der Waals surface area contributed by atoms with Crippen LogP contribution in [-0.4, -0.2) is 17.3 Å². The lowest BCUT2D eigenvalue weighted by atomic mass is 9.93. The van der Waals surface area contributed by atoms with Gasteiger partial charge in [-0.2, -0.15) is 0 Å². The van der Waals surface area contributed by atoms with Crippen LogP contribution in [0.1, 0.15) is 29.0 Å². The Balaban J connectivity index is 1.69. The lowest BCUT2D eigenvalue weighted by Gasteiger charge is -2.28. The van der Waals surface area contributed by atoms with E-state index in [9.17, 15) is 4.79 Å². The molecular formula is C20H21NO4. The predicted molar refractivity (Wildman–Crippen MR) is 93.1 cm³/mol. The minimum Gasteiger partial charge on any atom is -0.459 e. The first-order chi connectivity index (χ1) is 12.2. The van der Waals surface area contributed by atoms with Gasteiger partial charge in [0, 0.05) is 12.3 Å². The second kappa shape index (κ2) is 7.96. The highest BCUT2D eigenvalue weighted by Gasteiger charge is 2.27. The second-order valence-corrected chi connectivity index (χ2v) is 5.98. The molecule has 0 aliphatic carbocycles. The van der Waals surface area contributed by atoms with Crippen molar-refractivity contribution in [3.63, 3.8) is 0 Å². The van der Waals surface area contributed by atoms with Crippen LogP contribution < -0.4 is 5.73 Å². The first kappa shape index (κ1) is 17.2. The molecule has 3 rings (SSSR count). The Hall–Kier alpha value is -2.63. The van der Waals surface area contributed by atoms with Gasteiger partial charge in [-0.3, -0.25) is 4.79 Å². The number of hydrogen-bond donors (Lipinski definition) is 2. The number of rotatable bonds is 6. The zero-order valence-corrected chi connectivity index (χ0v) is 13.8. The molecule has 5 nitrogen and oxygen atoms in total. The Morgan fingerprint density at radius 1 is 1.12 bits per heavy atom. The minimum absolute atomic E-state index is 0.0123. The van der Waals surface area contributed by atoms with Crippen LogP contribution in [0.25, 0.3) is 0 Å². The van der Waals surface area contributed by atoms with Crippen molar-refractivity contribution in [3.05, 3.63) is 83.1 Å². The van der Waals surface area contributed by atoms with Gasteiger partial charge in [0.15, 0.2) is 5.76 Å². The molecule has 2 aromatic carbocycles. The van der Waals surface area contributed by atoms with Gasteiger partial charge in [-0.25, -0.2) is 0 Å². The molecule has 130 valence electrons. The van der Waals surface area contributed by atoms with E-state index in [1.54, 1.807) is 6.08 Å². The normalized spacial score (nSPS) is 19.8. The third kappa shape index (κ3) is 4.47. The summed E-state index contributed by atoms with van der Waals surface area (Å²) in [7, 11) is 0. The van der Waals surface area contributed by atoms with Gasteiger partial charge >= 0.3 is 0 Å². The van der Waals surface area contributed by atoms with Crippen molar-refractivity contribution in [1.29, 1.82) is 0 Å². The molecule has 1 amide bonds. The van der Waals surface area contributed by atoms with Crippen molar-refractivity contribution < 1.29 is 19.4 Å². The molecular weight excluding hydrogens is 318 g/mol. The lowest BCUT2D eigenvalue weighted by molar-refractivity contribution is -0.148. The van der Waals surface area contributed by atoms with Gasteiger partial charge in [0.25, 0.3) is 5.91 Å². The Morgan fingerprint density at radius 3 is 2.44 bits per heavy atom. The Bertz CT molecular complexity index is 740. The van der Waals surface area contributed by atoms with E-state index in [1.807, 2.05) is 54.6 Å². The molecule has 5 heteroatoms. The zero-order chi connectivity index (χ0) is 17.6. The van der Waals surface area contributed by atoms with E-state index in [2.05, 4.69) is 0 Å². The summed E-state index contributed by atoms with van der Waals surface area (Å²) in [5, 5.41) is 9.08. The summed E-state index contributed by atoms with van der Waals surface area (Å²) in [6, 6.07) is 17.4. The monoisotopic (exact) mass is 339 g/mol. The Kier molecular flexibility index (Phi) is 5.48. The van der Waals surface area contributed by atoms with Gasteiger partial charge < -0.3 is 20.3 Å². The number of amides is 1. The summed E-state index contributed by atoms with van der Waals surface area (Å²) >= 11 is 0. The molecule has 2 atom stereocenters. The molecule has 25 heavy (non-hydrogen) atoms. The number of hydrogen-bond acceptors (Lipinski definition) is 4. The lowest BCUT2D eigenvalue weighted by Crippen LogP contribution is -2.29. The summed E-state index contributed by atoms with van der Waals surface area (Å²) in [5.74, 6) is -0.443. The molecule has 0 spiro atoms. The second-order valence-electron chi connectivity index (χ2n) is 5.98. The summed E-state index contributed by atoms with van der Waals surface area (Å²) in [6.07, 6.45) is 1.82. The largest absolute Gasteiger partial charge is 0.459 e. The molecule has 0 unspecified atom stereocenters. The highest BCUT2D eigenvalue weighted by molar-refractivity contribution is 5.90. The third-order valence-electron chi connectivity index (χ3n) is 4.17. The molecule has 0 fully saturated rings. The topological polar surface area (TPSA) is 81.8 Å². The quantitative estimate of drug-likeness (QED) is 0.847. The van der Waals surface area contributed by atoms with Crippen LogP contribution in [0.2, 0.25) is 0 Å². The number of carbonyl (C=O) groups excluding carboxylic acids is 1. The van der Waals surface area contributed by atoms with E-state index in [-0.39, 0.29) is 18.3 Å². The van der Waals surface area contributed by atoms with Crippen molar-refractivity contribution in [2.45, 2.75) is 31.8 Å². The van der Waals surface area contributed by atoms with E-state index in [0.717, 1.165) is 16.7 Å². The van der Waals surface area contributed by atoms with Gasteiger partial charge in [0.1, 0.15) is 0 Å². The molecule has 1 aliphatic heterocycles. The van der Waals surface area contributed by atoms with Gasteiger partial charge in [-0.15, -0.1) is 0 Å². The van der Waals surface area contributed by atoms with E-state index in [1.165, 1.54) is 0 Å². The fourth-order valence-corrected chi connectivity index (χ4v) is 2.79. The summed E-state index contributed by atoms with van der Waals surface area (Å²) in [5.41, 5.74) is 8.30. The maximum Gasteiger partial charge on any atom is 0.283 e. The third-order valence-corrected chi connectivity index (χ3v) is 4.17. The number of aliphatic hydroxyl groups excluding tert-OH is 1. The molecule has 0 radical (unpaired) electrons. The molecule has 0 bridgehead atoms. The highest BCUT2D eigenvalue weighted by atomic mass is 16.7. The average Bonchev–Trinajstić information content (AvgIpc) is 2.67. The molecule has 0 saturated carbocycles. The Morgan fingerprint density at radius 2 is 1.80 bits per heavy atom. The number of allylic oxidation sites excluding steroid dienone is 1. The predicted octanol–water partition coefficient (Wildman–Crippen LogP) is 2.59. The van der Waals surface area contributed by atoms with Crippen LogP contribution in [0.5, 0.6) is 0 Å². The zero-order valence-electron chi connectivity index (χ0n) is 13.8. The van der Waals surface area contributed by atoms with Crippen LogP contribution in [0.4, 0.5) is 0 Å². The fraction of sp³-hybridized carbons (Fsp3) is 0.250.